The molecule has 1 saturated heterocycles. The predicted octanol–water partition coefficient (Wildman–Crippen LogP) is 7.55. The zero-order chi connectivity index (χ0) is 26.4. The van der Waals surface area contributed by atoms with E-state index in [2.05, 4.69) is 109 Å². The van der Waals surface area contributed by atoms with Crippen LogP contribution in [0.1, 0.15) is 69.2 Å². The van der Waals surface area contributed by atoms with E-state index in [1.54, 1.807) is 7.11 Å². The molecule has 8 heteroatoms. The lowest BCUT2D eigenvalue weighted by atomic mass is 10.00. The first-order chi connectivity index (χ1) is 14.4. The second-order valence-corrected chi connectivity index (χ2v) is 28.7. The molecule has 0 amide bonds. The fourth-order valence-electron chi connectivity index (χ4n) is 3.14. The Bertz CT molecular complexity index is 644. The molecule has 1 aliphatic heterocycles. The van der Waals surface area contributed by atoms with Crippen molar-refractivity contribution in [3.63, 3.8) is 0 Å². The first-order valence-corrected chi connectivity index (χ1v) is 21.3. The summed E-state index contributed by atoms with van der Waals surface area (Å²) in [5.41, 5.74) is 0. The summed E-state index contributed by atoms with van der Waals surface area (Å²) < 4.78 is 33.5. The van der Waals surface area contributed by atoms with Crippen molar-refractivity contribution in [2.75, 3.05) is 7.11 Å². The van der Waals surface area contributed by atoms with Crippen LogP contribution in [0.15, 0.2) is 0 Å². The molecular weight excluding hydrogens is 465 g/mol. The van der Waals surface area contributed by atoms with E-state index in [-0.39, 0.29) is 39.5 Å². The number of hydrogen-bond donors (Lipinski definition) is 0. The summed E-state index contributed by atoms with van der Waals surface area (Å²) in [7, 11) is -4.64. The molecule has 1 heterocycles. The van der Waals surface area contributed by atoms with Crippen LogP contribution in [0.2, 0.25) is 54.4 Å². The molecule has 33 heavy (non-hydrogen) atoms. The molecule has 0 aliphatic carbocycles. The Morgan fingerprint density at radius 2 is 0.848 bits per heavy atom. The van der Waals surface area contributed by atoms with Crippen LogP contribution < -0.4 is 0 Å². The van der Waals surface area contributed by atoms with Crippen LogP contribution in [0.3, 0.4) is 0 Å². The molecule has 0 N–H and O–H groups in total. The smallest absolute Gasteiger partial charge is 0.192 e. The predicted molar refractivity (Wildman–Crippen MR) is 148 cm³/mol. The number of rotatable bonds is 7. The highest BCUT2D eigenvalue weighted by atomic mass is 28.4. The van der Waals surface area contributed by atoms with Crippen molar-refractivity contribution in [1.29, 1.82) is 0 Å². The summed E-state index contributed by atoms with van der Waals surface area (Å²) in [6.45, 7) is 36.3. The Morgan fingerprint density at radius 1 is 0.545 bits per heavy atom. The van der Waals surface area contributed by atoms with E-state index in [0.717, 1.165) is 0 Å². The van der Waals surface area contributed by atoms with Crippen molar-refractivity contribution in [1.82, 2.24) is 0 Å². The third kappa shape index (κ3) is 7.24. The van der Waals surface area contributed by atoms with Gasteiger partial charge in [0.15, 0.2) is 31.2 Å². The molecule has 0 unspecified atom stereocenters. The van der Waals surface area contributed by atoms with Gasteiger partial charge in [-0.25, -0.2) is 0 Å². The van der Waals surface area contributed by atoms with Gasteiger partial charge in [0.05, 0.1) is 12.2 Å². The lowest BCUT2D eigenvalue weighted by molar-refractivity contribution is -0.276. The molecule has 5 atom stereocenters. The standard InChI is InChI=1S/C25H56O5Si3/c1-18-19(28-31(12,13)23(2,3)4)20(29-32(14,15)24(5,6)7)21(22(26-11)27-18)30-33(16,17)25(8,9)10/h18-22H,1-17H3/t18-,19-,20+,21+,22+/m1/s1. The van der Waals surface area contributed by atoms with Crippen molar-refractivity contribution >= 4 is 25.0 Å². The molecule has 1 fully saturated rings. The highest BCUT2D eigenvalue weighted by Crippen LogP contribution is 2.45. The monoisotopic (exact) mass is 520 g/mol. The van der Waals surface area contributed by atoms with E-state index in [9.17, 15) is 0 Å². The van der Waals surface area contributed by atoms with E-state index in [1.807, 2.05) is 0 Å². The molecule has 0 radical (unpaired) electrons. The maximum absolute atomic E-state index is 7.16. The van der Waals surface area contributed by atoms with Gasteiger partial charge in [-0.3, -0.25) is 0 Å². The van der Waals surface area contributed by atoms with Crippen molar-refractivity contribution < 1.29 is 22.8 Å². The minimum absolute atomic E-state index is 0.0612. The Hall–Kier alpha value is 0.451. The summed E-state index contributed by atoms with van der Waals surface area (Å²) in [5, 5.41) is 0.216. The minimum Gasteiger partial charge on any atom is -0.409 e. The van der Waals surface area contributed by atoms with E-state index in [0.29, 0.717) is 0 Å². The zero-order valence-corrected chi connectivity index (χ0v) is 27.9. The zero-order valence-electron chi connectivity index (χ0n) is 24.9. The summed E-state index contributed by atoms with van der Waals surface area (Å²) in [5.74, 6) is 0. The SMILES string of the molecule is CO[C@H]1O[C@H](C)[C@@H](O[Si](C)(C)C(C)(C)C)[C@H](O[Si](C)(C)C(C)(C)C)[C@@H]1O[Si](C)(C)C(C)(C)C. The van der Waals surface area contributed by atoms with E-state index in [4.69, 9.17) is 22.8 Å². The van der Waals surface area contributed by atoms with Gasteiger partial charge >= 0.3 is 0 Å². The minimum atomic E-state index is -2.13. The first kappa shape index (κ1) is 31.5. The van der Waals surface area contributed by atoms with Crippen LogP contribution in [0.5, 0.6) is 0 Å². The summed E-state index contributed by atoms with van der Waals surface area (Å²) in [6, 6.07) is 0. The molecule has 1 aliphatic rings. The summed E-state index contributed by atoms with van der Waals surface area (Å²) >= 11 is 0. The van der Waals surface area contributed by atoms with Crippen molar-refractivity contribution in [3.8, 4) is 0 Å². The Labute approximate surface area is 209 Å². The molecule has 198 valence electrons. The molecule has 0 bridgehead atoms. The van der Waals surface area contributed by atoms with Crippen LogP contribution in [0.25, 0.3) is 0 Å². The molecule has 0 aromatic carbocycles. The topological polar surface area (TPSA) is 46.2 Å². The number of ether oxygens (including phenoxy) is 2. The Kier molecular flexibility index (Phi) is 9.61. The molecule has 0 aromatic rings. The quantitative estimate of drug-likeness (QED) is 0.324. The Balaban J connectivity index is 3.58. The van der Waals surface area contributed by atoms with Gasteiger partial charge in [-0.2, -0.15) is 0 Å². The third-order valence-electron chi connectivity index (χ3n) is 8.67. The fourth-order valence-corrected chi connectivity index (χ4v) is 7.08. The summed E-state index contributed by atoms with van der Waals surface area (Å²) in [4.78, 5) is 0. The lowest BCUT2D eigenvalue weighted by Gasteiger charge is -2.54. The van der Waals surface area contributed by atoms with E-state index >= 15 is 0 Å². The molecule has 1 rings (SSSR count). The normalized spacial score (nSPS) is 28.8. The van der Waals surface area contributed by atoms with Crippen LogP contribution in [0, 0.1) is 0 Å². The first-order valence-electron chi connectivity index (χ1n) is 12.6. The van der Waals surface area contributed by atoms with Gasteiger partial charge in [0.1, 0.15) is 12.2 Å². The van der Waals surface area contributed by atoms with Gasteiger partial charge in [0.2, 0.25) is 0 Å². The number of hydrogen-bond acceptors (Lipinski definition) is 5. The molecule has 0 saturated carbocycles. The van der Waals surface area contributed by atoms with Crippen LogP contribution >= 0.6 is 0 Å². The lowest BCUT2D eigenvalue weighted by Crippen LogP contribution is -2.67. The fraction of sp³-hybridized carbons (Fsp3) is 1.00. The van der Waals surface area contributed by atoms with Gasteiger partial charge in [-0.15, -0.1) is 0 Å². The highest BCUT2D eigenvalue weighted by Gasteiger charge is 2.55. The largest absolute Gasteiger partial charge is 0.409 e. The van der Waals surface area contributed by atoms with Gasteiger partial charge in [0.25, 0.3) is 0 Å². The van der Waals surface area contributed by atoms with Crippen molar-refractivity contribution in [2.45, 2.75) is 154 Å². The highest BCUT2D eigenvalue weighted by molar-refractivity contribution is 6.75. The second kappa shape index (κ2) is 10.1. The number of methoxy groups -OCH3 is 1. The van der Waals surface area contributed by atoms with Gasteiger partial charge in [0, 0.05) is 7.11 Å². The Morgan fingerprint density at radius 3 is 1.15 bits per heavy atom. The van der Waals surface area contributed by atoms with Gasteiger partial charge < -0.3 is 22.8 Å². The van der Waals surface area contributed by atoms with E-state index in [1.165, 1.54) is 0 Å². The molecule has 0 aromatic heterocycles. The average molecular weight is 521 g/mol. The summed E-state index contributed by atoms with van der Waals surface area (Å²) in [6.07, 6.45) is -1.43. The van der Waals surface area contributed by atoms with Gasteiger partial charge in [-0.1, -0.05) is 62.3 Å². The molecule has 5 nitrogen and oxygen atoms in total. The van der Waals surface area contributed by atoms with Crippen LogP contribution in [0.4, 0.5) is 0 Å². The second-order valence-electron chi connectivity index (χ2n) is 14.5. The maximum Gasteiger partial charge on any atom is 0.192 e. The molecular formula is C25H56O5Si3. The van der Waals surface area contributed by atoms with Crippen molar-refractivity contribution in [2.24, 2.45) is 0 Å². The third-order valence-corrected chi connectivity index (χ3v) is 22.1. The van der Waals surface area contributed by atoms with E-state index < -0.39 is 31.2 Å². The van der Waals surface area contributed by atoms with Crippen LogP contribution in [-0.2, 0) is 22.8 Å². The molecule has 0 spiro atoms. The van der Waals surface area contributed by atoms with Crippen LogP contribution in [-0.4, -0.2) is 62.8 Å². The average Bonchev–Trinajstić information content (AvgIpc) is 2.56. The van der Waals surface area contributed by atoms with Gasteiger partial charge in [-0.05, 0) is 61.3 Å². The van der Waals surface area contributed by atoms with Crippen molar-refractivity contribution in [3.05, 3.63) is 0 Å². The maximum atomic E-state index is 7.16.